The minimum absolute atomic E-state index is 0. The molecule has 2 aliphatic heterocycles. The molecule has 0 saturated carbocycles. The lowest BCUT2D eigenvalue weighted by Gasteiger charge is -2.39. The van der Waals surface area contributed by atoms with Gasteiger partial charge in [-0.25, -0.2) is 0 Å². The molecule has 3 N–H and O–H groups in total. The van der Waals surface area contributed by atoms with Crippen LogP contribution in [-0.4, -0.2) is 44.8 Å². The second kappa shape index (κ2) is 10.2. The first-order valence-corrected chi connectivity index (χ1v) is 8.62. The van der Waals surface area contributed by atoms with Gasteiger partial charge in [0, 0.05) is 44.6 Å². The number of para-hydroxylation sites is 1. The van der Waals surface area contributed by atoms with E-state index >= 15 is 0 Å². The zero-order chi connectivity index (χ0) is 16.1. The Bertz CT molecular complexity index is 524. The van der Waals surface area contributed by atoms with Crippen molar-refractivity contribution >= 4 is 36.4 Å². The molecule has 25 heavy (non-hydrogen) atoms. The van der Waals surface area contributed by atoms with Crippen molar-refractivity contribution in [2.24, 2.45) is 11.1 Å². The largest absolute Gasteiger partial charge is 0.381 e. The highest BCUT2D eigenvalue weighted by Gasteiger charge is 2.39. The number of benzene rings is 1. The molecular formula is C18H29Cl2N3O2. The Labute approximate surface area is 162 Å². The molecule has 1 amide bonds. The average Bonchev–Trinajstić information content (AvgIpc) is 2.63. The van der Waals surface area contributed by atoms with Gasteiger partial charge in [-0.3, -0.25) is 4.79 Å². The molecule has 1 unspecified atom stereocenters. The summed E-state index contributed by atoms with van der Waals surface area (Å²) in [6.45, 7) is 3.58. The van der Waals surface area contributed by atoms with E-state index in [0.717, 1.165) is 38.8 Å². The number of rotatable bonds is 4. The minimum atomic E-state index is -0.437. The van der Waals surface area contributed by atoms with Crippen LogP contribution in [0, 0.1) is 5.41 Å². The van der Waals surface area contributed by atoms with Crippen molar-refractivity contribution in [3.05, 3.63) is 30.3 Å². The number of hydrogen-bond acceptors (Lipinski definition) is 4. The Morgan fingerprint density at radius 3 is 2.56 bits per heavy atom. The topological polar surface area (TPSA) is 67.6 Å². The number of halogens is 2. The van der Waals surface area contributed by atoms with Crippen molar-refractivity contribution in [2.75, 3.05) is 37.7 Å². The standard InChI is InChI=1S/C18H27N3O2.2ClH/c19-14-18(8-11-23-12-9-18)17(22)20-15-5-4-10-21(13-15)16-6-2-1-3-7-16;;/h1-3,6-7,15H,4-5,8-14,19H2,(H,20,22);2*1H. The fourth-order valence-corrected chi connectivity index (χ4v) is 3.59. The van der Waals surface area contributed by atoms with E-state index in [1.54, 1.807) is 0 Å². The highest BCUT2D eigenvalue weighted by Crippen LogP contribution is 2.30. The Morgan fingerprint density at radius 2 is 1.92 bits per heavy atom. The normalized spacial score (nSPS) is 22.3. The van der Waals surface area contributed by atoms with Gasteiger partial charge in [-0.1, -0.05) is 18.2 Å². The molecule has 0 bridgehead atoms. The number of carbonyl (C=O) groups is 1. The molecule has 0 radical (unpaired) electrons. The minimum Gasteiger partial charge on any atom is -0.381 e. The molecular weight excluding hydrogens is 361 g/mol. The molecule has 0 aromatic heterocycles. The third kappa shape index (κ3) is 5.23. The number of nitrogens with two attached hydrogens (primary N) is 1. The SMILES string of the molecule is Cl.Cl.NCC1(C(=O)NC2CCCN(c3ccccc3)C2)CCOCC1. The van der Waals surface area contributed by atoms with Crippen LogP contribution in [0.15, 0.2) is 30.3 Å². The van der Waals surface area contributed by atoms with Crippen molar-refractivity contribution in [2.45, 2.75) is 31.7 Å². The summed E-state index contributed by atoms with van der Waals surface area (Å²) >= 11 is 0. The Hall–Kier alpha value is -1.01. The van der Waals surface area contributed by atoms with Crippen molar-refractivity contribution in [1.82, 2.24) is 5.32 Å². The van der Waals surface area contributed by atoms with E-state index < -0.39 is 5.41 Å². The van der Waals surface area contributed by atoms with E-state index in [2.05, 4.69) is 34.5 Å². The molecule has 5 nitrogen and oxygen atoms in total. The molecule has 2 saturated heterocycles. The lowest BCUT2D eigenvalue weighted by Crippen LogP contribution is -2.55. The Kier molecular flexibility index (Phi) is 9.00. The van der Waals surface area contributed by atoms with Crippen LogP contribution in [0.3, 0.4) is 0 Å². The van der Waals surface area contributed by atoms with E-state index in [1.807, 2.05) is 6.07 Å². The molecule has 1 atom stereocenters. The van der Waals surface area contributed by atoms with E-state index in [4.69, 9.17) is 10.5 Å². The number of piperidine rings is 1. The van der Waals surface area contributed by atoms with Crippen molar-refractivity contribution < 1.29 is 9.53 Å². The van der Waals surface area contributed by atoms with Gasteiger partial charge in [0.15, 0.2) is 0 Å². The fourth-order valence-electron chi connectivity index (χ4n) is 3.59. The van der Waals surface area contributed by atoms with Crippen molar-refractivity contribution in [3.63, 3.8) is 0 Å². The number of nitrogens with zero attached hydrogens (tertiary/aromatic N) is 1. The molecule has 1 aromatic carbocycles. The summed E-state index contributed by atoms with van der Waals surface area (Å²) < 4.78 is 5.40. The molecule has 2 aliphatic rings. The first kappa shape index (κ1) is 22.0. The van der Waals surface area contributed by atoms with Gasteiger partial charge in [-0.2, -0.15) is 0 Å². The second-order valence-corrected chi connectivity index (χ2v) is 6.69. The number of hydrogen-bond donors (Lipinski definition) is 2. The average molecular weight is 390 g/mol. The molecule has 2 heterocycles. The summed E-state index contributed by atoms with van der Waals surface area (Å²) in [4.78, 5) is 15.2. The van der Waals surface area contributed by atoms with Crippen LogP contribution in [0.2, 0.25) is 0 Å². The van der Waals surface area contributed by atoms with Gasteiger partial charge >= 0.3 is 0 Å². The summed E-state index contributed by atoms with van der Waals surface area (Å²) in [5.41, 5.74) is 6.73. The third-order valence-electron chi connectivity index (χ3n) is 5.20. The maximum Gasteiger partial charge on any atom is 0.227 e. The zero-order valence-electron chi connectivity index (χ0n) is 14.5. The van der Waals surface area contributed by atoms with Gasteiger partial charge in [0.25, 0.3) is 0 Å². The molecule has 0 spiro atoms. The predicted octanol–water partition coefficient (Wildman–Crippen LogP) is 2.37. The second-order valence-electron chi connectivity index (χ2n) is 6.69. The van der Waals surface area contributed by atoms with E-state index in [9.17, 15) is 4.79 Å². The van der Waals surface area contributed by atoms with Gasteiger partial charge in [0.05, 0.1) is 5.41 Å². The van der Waals surface area contributed by atoms with Crippen LogP contribution in [0.5, 0.6) is 0 Å². The number of amides is 1. The summed E-state index contributed by atoms with van der Waals surface area (Å²) in [5, 5.41) is 3.26. The summed E-state index contributed by atoms with van der Waals surface area (Å²) in [6.07, 6.45) is 3.58. The van der Waals surface area contributed by atoms with Gasteiger partial charge in [-0.05, 0) is 37.8 Å². The van der Waals surface area contributed by atoms with Crippen molar-refractivity contribution in [3.8, 4) is 0 Å². The monoisotopic (exact) mass is 389 g/mol. The zero-order valence-corrected chi connectivity index (χ0v) is 16.1. The van der Waals surface area contributed by atoms with Crippen LogP contribution in [0.4, 0.5) is 5.69 Å². The number of carbonyl (C=O) groups excluding carboxylic acids is 1. The first-order chi connectivity index (χ1) is 11.2. The number of ether oxygens (including phenoxy) is 1. The molecule has 3 rings (SSSR count). The van der Waals surface area contributed by atoms with E-state index in [1.165, 1.54) is 5.69 Å². The summed E-state index contributed by atoms with van der Waals surface area (Å²) in [7, 11) is 0. The molecule has 7 heteroatoms. The van der Waals surface area contributed by atoms with Crippen molar-refractivity contribution in [1.29, 1.82) is 0 Å². The fraction of sp³-hybridized carbons (Fsp3) is 0.611. The molecule has 1 aromatic rings. The highest BCUT2D eigenvalue weighted by molar-refractivity contribution is 5.85. The smallest absolute Gasteiger partial charge is 0.227 e. The number of anilines is 1. The van der Waals surface area contributed by atoms with Gasteiger partial charge in [0.1, 0.15) is 0 Å². The van der Waals surface area contributed by atoms with E-state index in [0.29, 0.717) is 19.8 Å². The Morgan fingerprint density at radius 1 is 1.24 bits per heavy atom. The lowest BCUT2D eigenvalue weighted by atomic mass is 9.79. The van der Waals surface area contributed by atoms with Gasteiger partial charge in [-0.15, -0.1) is 24.8 Å². The third-order valence-corrected chi connectivity index (χ3v) is 5.20. The Balaban J connectivity index is 0.00000156. The lowest BCUT2D eigenvalue weighted by molar-refractivity contribution is -0.136. The van der Waals surface area contributed by atoms with Crippen LogP contribution >= 0.6 is 24.8 Å². The maximum absolute atomic E-state index is 12.8. The van der Waals surface area contributed by atoms with Crippen LogP contribution in [0.1, 0.15) is 25.7 Å². The van der Waals surface area contributed by atoms with Crippen LogP contribution in [-0.2, 0) is 9.53 Å². The highest BCUT2D eigenvalue weighted by atomic mass is 35.5. The van der Waals surface area contributed by atoms with E-state index in [-0.39, 0.29) is 36.8 Å². The first-order valence-electron chi connectivity index (χ1n) is 8.62. The summed E-state index contributed by atoms with van der Waals surface area (Å²) in [5.74, 6) is 0.114. The number of nitrogens with one attached hydrogen (secondary N) is 1. The molecule has 142 valence electrons. The predicted molar refractivity (Wildman–Crippen MR) is 106 cm³/mol. The maximum atomic E-state index is 12.8. The summed E-state index contributed by atoms with van der Waals surface area (Å²) in [6, 6.07) is 10.6. The van der Waals surface area contributed by atoms with Gasteiger partial charge in [0.2, 0.25) is 5.91 Å². The van der Waals surface area contributed by atoms with Crippen LogP contribution < -0.4 is 16.0 Å². The molecule has 0 aliphatic carbocycles. The quantitative estimate of drug-likeness (QED) is 0.829. The van der Waals surface area contributed by atoms with Gasteiger partial charge < -0.3 is 20.7 Å². The molecule has 2 fully saturated rings. The van der Waals surface area contributed by atoms with Crippen LogP contribution in [0.25, 0.3) is 0 Å².